The molecule has 1 aliphatic heterocycles. The van der Waals surface area contributed by atoms with Crippen LogP contribution in [0.25, 0.3) is 0 Å². The molecule has 5 amide bonds. The number of benzene rings is 2. The van der Waals surface area contributed by atoms with Crippen LogP contribution in [0.1, 0.15) is 69.8 Å². The fourth-order valence-electron chi connectivity index (χ4n) is 5.21. The largest absolute Gasteiger partial charge is 0.490 e. The molecule has 0 aromatic heterocycles. The lowest BCUT2D eigenvalue weighted by Gasteiger charge is -2.36. The summed E-state index contributed by atoms with van der Waals surface area (Å²) in [4.78, 5) is 42.8. The van der Waals surface area contributed by atoms with Gasteiger partial charge >= 0.3 is 18.2 Å². The third kappa shape index (κ3) is 11.3. The number of urea groups is 2. The van der Waals surface area contributed by atoms with Crippen molar-refractivity contribution in [2.24, 2.45) is 5.92 Å². The highest BCUT2D eigenvalue weighted by Gasteiger charge is 2.32. The number of aliphatic hydroxyl groups is 1. The van der Waals surface area contributed by atoms with Crippen molar-refractivity contribution in [2.75, 3.05) is 44.0 Å². The van der Waals surface area contributed by atoms with Gasteiger partial charge in [-0.25, -0.2) is 9.59 Å². The topological polar surface area (TPSA) is 132 Å². The van der Waals surface area contributed by atoms with E-state index in [0.29, 0.717) is 18.8 Å². The Morgan fingerprint density at radius 1 is 1.04 bits per heavy atom. The van der Waals surface area contributed by atoms with Gasteiger partial charge in [-0.2, -0.15) is 13.2 Å². The Kier molecular flexibility index (Phi) is 13.9. The first kappa shape index (κ1) is 38.4. The van der Waals surface area contributed by atoms with Crippen molar-refractivity contribution in [3.8, 4) is 5.75 Å². The molecule has 4 N–H and O–H groups in total. The number of nitrogens with zero attached hydrogens (tertiary/aromatic N) is 2. The molecule has 0 radical (unpaired) electrons. The molecule has 1 heterocycles. The van der Waals surface area contributed by atoms with Crippen LogP contribution in [0.5, 0.6) is 5.75 Å². The third-order valence-electron chi connectivity index (χ3n) is 7.99. The SMILES string of the molecule is CC(C)NC(=O)N(C)C[C@@H]1OCCCC[C@@H](C)Oc2ccc(NC(=O)Nc3ccc(C(F)(F)F)cc3)cc2C(=O)N([C@H](C)CO)C[C@@H]1C. The number of nitrogens with one attached hydrogen (secondary N) is 3. The maximum atomic E-state index is 14.3. The van der Waals surface area contributed by atoms with Gasteiger partial charge in [0, 0.05) is 50.1 Å². The van der Waals surface area contributed by atoms with Crippen LogP contribution in [0.15, 0.2) is 42.5 Å². The van der Waals surface area contributed by atoms with Gasteiger partial charge in [0.05, 0.1) is 36.0 Å². The highest BCUT2D eigenvalue weighted by Crippen LogP contribution is 2.31. The fraction of sp³-hybridized carbons (Fsp3) is 0.559. The summed E-state index contributed by atoms with van der Waals surface area (Å²) in [5.74, 6) is -0.391. The van der Waals surface area contributed by atoms with Crippen LogP contribution in [0.3, 0.4) is 0 Å². The molecule has 11 nitrogen and oxygen atoms in total. The Labute approximate surface area is 280 Å². The molecule has 4 atom stereocenters. The Balaban J connectivity index is 1.89. The van der Waals surface area contributed by atoms with Gasteiger partial charge in [-0.15, -0.1) is 0 Å². The zero-order chi connectivity index (χ0) is 35.6. The lowest BCUT2D eigenvalue weighted by atomic mass is 10.0. The van der Waals surface area contributed by atoms with Crippen LogP contribution in [-0.4, -0.2) is 90.5 Å². The fourth-order valence-corrected chi connectivity index (χ4v) is 5.21. The van der Waals surface area contributed by atoms with Crippen molar-refractivity contribution in [1.29, 1.82) is 0 Å². The smallest absolute Gasteiger partial charge is 0.416 e. The molecule has 0 aliphatic carbocycles. The molecule has 0 saturated heterocycles. The lowest BCUT2D eigenvalue weighted by molar-refractivity contribution is -0.137. The normalized spacial score (nSPS) is 20.2. The van der Waals surface area contributed by atoms with Gasteiger partial charge < -0.3 is 40.3 Å². The molecule has 2 aromatic carbocycles. The van der Waals surface area contributed by atoms with E-state index in [1.54, 1.807) is 31.0 Å². The van der Waals surface area contributed by atoms with Gasteiger partial charge in [-0.1, -0.05) is 6.92 Å². The predicted octanol–water partition coefficient (Wildman–Crippen LogP) is 6.19. The summed E-state index contributed by atoms with van der Waals surface area (Å²) >= 11 is 0. The number of anilines is 2. The number of alkyl halides is 3. The number of aliphatic hydroxyl groups excluding tert-OH is 1. The minimum absolute atomic E-state index is 0.0413. The molecule has 48 heavy (non-hydrogen) atoms. The van der Waals surface area contributed by atoms with Gasteiger partial charge in [0.15, 0.2) is 0 Å². The molecule has 2 aromatic rings. The van der Waals surface area contributed by atoms with Gasteiger partial charge in [-0.05, 0) is 89.4 Å². The van der Waals surface area contributed by atoms with E-state index in [1.807, 2.05) is 27.7 Å². The number of amides is 5. The molecule has 0 bridgehead atoms. The number of hydrogen-bond donors (Lipinski definition) is 4. The number of rotatable bonds is 7. The summed E-state index contributed by atoms with van der Waals surface area (Å²) in [6, 6.07) is 7.05. The number of fused-ring (bicyclic) bond motifs is 1. The van der Waals surface area contributed by atoms with Gasteiger partial charge in [0.1, 0.15) is 5.75 Å². The van der Waals surface area contributed by atoms with E-state index in [4.69, 9.17) is 9.47 Å². The van der Waals surface area contributed by atoms with Crippen LogP contribution in [0, 0.1) is 5.92 Å². The van der Waals surface area contributed by atoms with Crippen molar-refractivity contribution in [1.82, 2.24) is 15.1 Å². The minimum atomic E-state index is -4.50. The molecule has 0 fully saturated rings. The quantitative estimate of drug-likeness (QED) is 0.276. The Hall–Kier alpha value is -4.04. The Morgan fingerprint density at radius 3 is 2.31 bits per heavy atom. The number of carbonyl (C=O) groups excluding carboxylic acids is 3. The summed E-state index contributed by atoms with van der Waals surface area (Å²) in [6.07, 6.45) is -2.93. The van der Waals surface area contributed by atoms with Crippen LogP contribution in [0.2, 0.25) is 0 Å². The summed E-state index contributed by atoms with van der Waals surface area (Å²) in [7, 11) is 1.69. The van der Waals surface area contributed by atoms with E-state index in [1.165, 1.54) is 11.0 Å². The number of halogens is 3. The summed E-state index contributed by atoms with van der Waals surface area (Å²) in [5, 5.41) is 18.1. The molecule has 266 valence electrons. The molecule has 14 heteroatoms. The molecular weight excluding hydrogens is 631 g/mol. The van der Waals surface area contributed by atoms with E-state index in [2.05, 4.69) is 16.0 Å². The number of carbonyl (C=O) groups is 3. The van der Waals surface area contributed by atoms with Crippen molar-refractivity contribution < 1.29 is 42.1 Å². The standard InChI is InChI=1S/C34H48F3N5O6/c1-21(2)38-33(46)41(6)19-30-22(3)18-42(23(4)20-43)31(44)28-17-27(14-15-29(28)48-24(5)9-7-8-16-47-30)40-32(45)39-26-12-10-25(11-13-26)34(35,36)37/h10-15,17,21-24,30,43H,7-9,16,18-20H2,1-6H3,(H,38,46)(H2,39,40,45)/t22-,23+,24+,30-/m0/s1. The molecule has 3 rings (SSSR count). The zero-order valence-electron chi connectivity index (χ0n) is 28.4. The highest BCUT2D eigenvalue weighted by atomic mass is 19.4. The van der Waals surface area contributed by atoms with Crippen LogP contribution >= 0.6 is 0 Å². The number of ether oxygens (including phenoxy) is 2. The van der Waals surface area contributed by atoms with E-state index < -0.39 is 35.8 Å². The van der Waals surface area contributed by atoms with E-state index in [9.17, 15) is 32.7 Å². The van der Waals surface area contributed by atoms with E-state index in [0.717, 1.165) is 37.1 Å². The molecular formula is C34H48F3N5O6. The second kappa shape index (κ2) is 17.4. The van der Waals surface area contributed by atoms with Crippen molar-refractivity contribution >= 4 is 29.3 Å². The van der Waals surface area contributed by atoms with Crippen molar-refractivity contribution in [3.05, 3.63) is 53.6 Å². The lowest BCUT2D eigenvalue weighted by Crippen LogP contribution is -2.49. The molecule has 1 aliphatic rings. The van der Waals surface area contributed by atoms with Crippen molar-refractivity contribution in [2.45, 2.75) is 84.3 Å². The second-order valence-electron chi connectivity index (χ2n) is 12.6. The zero-order valence-corrected chi connectivity index (χ0v) is 28.4. The first-order valence-corrected chi connectivity index (χ1v) is 16.2. The highest BCUT2D eigenvalue weighted by molar-refractivity contribution is 6.02. The summed E-state index contributed by atoms with van der Waals surface area (Å²) < 4.78 is 51.3. The molecule has 0 unspecified atom stereocenters. The van der Waals surface area contributed by atoms with Gasteiger partial charge in [0.25, 0.3) is 5.91 Å². The average molecular weight is 680 g/mol. The van der Waals surface area contributed by atoms with E-state index >= 15 is 0 Å². The minimum Gasteiger partial charge on any atom is -0.490 e. The van der Waals surface area contributed by atoms with Gasteiger partial charge in [-0.3, -0.25) is 4.79 Å². The van der Waals surface area contributed by atoms with Crippen molar-refractivity contribution in [3.63, 3.8) is 0 Å². The van der Waals surface area contributed by atoms with Gasteiger partial charge in [0.2, 0.25) is 0 Å². The Morgan fingerprint density at radius 2 is 1.69 bits per heavy atom. The second-order valence-corrected chi connectivity index (χ2v) is 12.6. The summed E-state index contributed by atoms with van der Waals surface area (Å²) in [6.45, 7) is 9.91. The third-order valence-corrected chi connectivity index (χ3v) is 7.99. The average Bonchev–Trinajstić information content (AvgIpc) is 3.01. The predicted molar refractivity (Wildman–Crippen MR) is 177 cm³/mol. The van der Waals surface area contributed by atoms with E-state index in [-0.39, 0.29) is 60.7 Å². The maximum Gasteiger partial charge on any atom is 0.416 e. The van der Waals surface area contributed by atoms with Crippen LogP contribution in [-0.2, 0) is 10.9 Å². The first-order chi connectivity index (χ1) is 22.6. The monoisotopic (exact) mass is 679 g/mol. The maximum absolute atomic E-state index is 14.3. The molecule has 0 saturated carbocycles. The van der Waals surface area contributed by atoms with Crippen LogP contribution < -0.4 is 20.7 Å². The summed E-state index contributed by atoms with van der Waals surface area (Å²) in [5.41, 5.74) is -0.296. The molecule has 0 spiro atoms. The first-order valence-electron chi connectivity index (χ1n) is 16.2. The number of likely N-dealkylation sites (N-methyl/N-ethyl adjacent to an activating group) is 1. The number of hydrogen-bond acceptors (Lipinski definition) is 6. The Bertz CT molecular complexity index is 1370. The van der Waals surface area contributed by atoms with Crippen LogP contribution in [0.4, 0.5) is 34.1 Å².